The molecule has 2 aliphatic rings. The van der Waals surface area contributed by atoms with Crippen molar-refractivity contribution in [2.75, 3.05) is 18.4 Å². The second-order valence-electron chi connectivity index (χ2n) is 9.61. The second kappa shape index (κ2) is 12.9. The monoisotopic (exact) mass is 566 g/mol. The highest BCUT2D eigenvalue weighted by molar-refractivity contribution is 6.76. The Bertz CT molecular complexity index is 1050. The molecular weight excluding hydrogens is 535 g/mol. The van der Waals surface area contributed by atoms with Crippen LogP contribution in [0.25, 0.3) is 0 Å². The summed E-state index contributed by atoms with van der Waals surface area (Å²) in [5.41, 5.74) is 3.10. The number of halogens is 3. The number of hydrogen-bond acceptors (Lipinski definition) is 5. The van der Waals surface area contributed by atoms with Crippen LogP contribution in [0.1, 0.15) is 61.2 Å². The third-order valence-corrected chi connectivity index (χ3v) is 7.45. The fourth-order valence-corrected chi connectivity index (χ4v) is 5.21. The van der Waals surface area contributed by atoms with Crippen LogP contribution in [0.5, 0.6) is 0 Å². The van der Waals surface area contributed by atoms with E-state index < -0.39 is 16.0 Å². The van der Waals surface area contributed by atoms with Crippen molar-refractivity contribution in [2.24, 2.45) is 0 Å². The largest absolute Gasteiger partial charge is 0.392 e. The van der Waals surface area contributed by atoms with Gasteiger partial charge in [0.2, 0.25) is 0 Å². The molecule has 1 heterocycles. The quantitative estimate of drug-likeness (QED) is 0.269. The topological polar surface area (TPSA) is 71.0 Å². The van der Waals surface area contributed by atoms with Crippen LogP contribution in [-0.4, -0.2) is 44.9 Å². The van der Waals surface area contributed by atoms with Crippen LogP contribution in [0.4, 0.5) is 5.69 Å². The van der Waals surface area contributed by atoms with Crippen molar-refractivity contribution in [3.05, 3.63) is 77.9 Å². The van der Waals surface area contributed by atoms with Gasteiger partial charge in [-0.15, -0.1) is 6.58 Å². The number of nitrogens with one attached hydrogen (secondary N) is 1. The molecule has 3 atom stereocenters. The van der Waals surface area contributed by atoms with Crippen molar-refractivity contribution >= 4 is 46.4 Å². The Morgan fingerprint density at radius 2 is 1.84 bits per heavy atom. The molecule has 1 aliphatic carbocycles. The van der Waals surface area contributed by atoms with Crippen LogP contribution in [-0.2, 0) is 20.9 Å². The first kappa shape index (κ1) is 28.4. The highest BCUT2D eigenvalue weighted by Gasteiger charge is 2.35. The van der Waals surface area contributed by atoms with E-state index in [-0.39, 0.29) is 18.8 Å². The molecule has 0 aromatic heterocycles. The third-order valence-electron chi connectivity index (χ3n) is 6.93. The highest BCUT2D eigenvalue weighted by Crippen LogP contribution is 2.39. The molecule has 6 nitrogen and oxygen atoms in total. The minimum atomic E-state index is -2.07. The van der Waals surface area contributed by atoms with Gasteiger partial charge in [-0.2, -0.15) is 0 Å². The first-order valence-corrected chi connectivity index (χ1v) is 13.7. The van der Waals surface area contributed by atoms with Crippen LogP contribution < -0.4 is 5.32 Å². The summed E-state index contributed by atoms with van der Waals surface area (Å²) in [6.45, 7) is 5.54. The smallest absolute Gasteiger partial charge is 0.276 e. The summed E-state index contributed by atoms with van der Waals surface area (Å²) in [7, 11) is 0. The predicted octanol–water partition coefficient (Wildman–Crippen LogP) is 6.46. The summed E-state index contributed by atoms with van der Waals surface area (Å²) in [6.07, 6.45) is 6.60. The van der Waals surface area contributed by atoms with E-state index in [0.29, 0.717) is 18.2 Å². The lowest BCUT2D eigenvalue weighted by Crippen LogP contribution is -2.43. The molecule has 1 amide bonds. The molecule has 200 valence electrons. The van der Waals surface area contributed by atoms with Crippen molar-refractivity contribution < 1.29 is 19.4 Å². The van der Waals surface area contributed by atoms with Crippen LogP contribution in [0, 0.1) is 0 Å². The molecular formula is C28H33Cl3N2O4. The minimum absolute atomic E-state index is 0.00916. The molecule has 4 rings (SSSR count). The number of aliphatic hydroxyl groups excluding tert-OH is 1. The maximum atomic E-state index is 12.2. The summed E-state index contributed by atoms with van der Waals surface area (Å²) < 4.78 is 10.9. The number of alkyl halides is 3. The number of amides is 1. The molecule has 37 heavy (non-hydrogen) atoms. The predicted molar refractivity (Wildman–Crippen MR) is 148 cm³/mol. The van der Waals surface area contributed by atoms with E-state index in [0.717, 1.165) is 29.8 Å². The van der Waals surface area contributed by atoms with Crippen molar-refractivity contribution in [3.63, 3.8) is 0 Å². The minimum Gasteiger partial charge on any atom is -0.392 e. The van der Waals surface area contributed by atoms with Gasteiger partial charge in [0.25, 0.3) is 9.70 Å². The Morgan fingerprint density at radius 1 is 1.11 bits per heavy atom. The molecule has 1 saturated carbocycles. The average molecular weight is 568 g/mol. The van der Waals surface area contributed by atoms with Gasteiger partial charge in [-0.1, -0.05) is 90.1 Å². The molecule has 3 unspecified atom stereocenters. The molecule has 2 N–H and O–H groups in total. The Morgan fingerprint density at radius 3 is 2.49 bits per heavy atom. The maximum Gasteiger partial charge on any atom is 0.276 e. The van der Waals surface area contributed by atoms with E-state index in [1.807, 2.05) is 36.4 Å². The van der Waals surface area contributed by atoms with Gasteiger partial charge in [0.15, 0.2) is 6.29 Å². The summed E-state index contributed by atoms with van der Waals surface area (Å²) in [4.78, 5) is 14.6. The standard InChI is InChI=1S/C28H33Cl3N2O4/c1-2-14-33(23-8-3-4-9-23)17-24-16-25(20-12-10-19(18-34)11-13-20)37-26(36-24)21-6-5-7-22(15-21)32-27(35)28(29,30)31/h2,5-7,10-13,15,23-26,34H,1,3-4,8-9,14,16-18H2,(H,32,35). The van der Waals surface area contributed by atoms with Crippen LogP contribution in [0.2, 0.25) is 0 Å². The van der Waals surface area contributed by atoms with Gasteiger partial charge in [0.05, 0.1) is 18.8 Å². The van der Waals surface area contributed by atoms with Crippen LogP contribution >= 0.6 is 34.8 Å². The number of anilines is 1. The van der Waals surface area contributed by atoms with Gasteiger partial charge in [0, 0.05) is 36.8 Å². The van der Waals surface area contributed by atoms with Crippen molar-refractivity contribution in [2.45, 2.75) is 67.0 Å². The number of carbonyl (C=O) groups excluding carboxylic acids is 1. The normalized spacial score (nSPS) is 22.8. The number of carbonyl (C=O) groups is 1. The molecule has 1 saturated heterocycles. The Labute approximate surface area is 233 Å². The summed E-state index contributed by atoms with van der Waals surface area (Å²) in [6, 6.07) is 15.5. The Kier molecular flexibility index (Phi) is 9.92. The lowest BCUT2D eigenvalue weighted by molar-refractivity contribution is -0.253. The van der Waals surface area contributed by atoms with E-state index in [1.54, 1.807) is 18.2 Å². The summed E-state index contributed by atoms with van der Waals surface area (Å²) >= 11 is 17.2. The zero-order chi connectivity index (χ0) is 26.4. The Balaban J connectivity index is 1.57. The van der Waals surface area contributed by atoms with Crippen molar-refractivity contribution in [1.82, 2.24) is 4.90 Å². The Hall–Kier alpha value is -1.64. The highest BCUT2D eigenvalue weighted by atomic mass is 35.6. The zero-order valence-electron chi connectivity index (χ0n) is 20.6. The maximum absolute atomic E-state index is 12.2. The SMILES string of the molecule is C=CCN(CC1CC(c2ccc(CO)cc2)OC(c2cccc(NC(=O)C(Cl)(Cl)Cl)c2)O1)C1CCCC1. The van der Waals surface area contributed by atoms with Gasteiger partial charge < -0.3 is 19.9 Å². The van der Waals surface area contributed by atoms with Gasteiger partial charge in [-0.05, 0) is 36.1 Å². The van der Waals surface area contributed by atoms with E-state index in [1.165, 1.54) is 25.7 Å². The number of aliphatic hydroxyl groups is 1. The fraction of sp³-hybridized carbons (Fsp3) is 0.464. The number of rotatable bonds is 9. The van der Waals surface area contributed by atoms with E-state index in [2.05, 4.69) is 16.8 Å². The first-order valence-electron chi connectivity index (χ1n) is 12.6. The molecule has 0 radical (unpaired) electrons. The van der Waals surface area contributed by atoms with Crippen molar-refractivity contribution in [3.8, 4) is 0 Å². The average Bonchev–Trinajstić information content (AvgIpc) is 3.43. The van der Waals surface area contributed by atoms with E-state index in [9.17, 15) is 9.90 Å². The first-order chi connectivity index (χ1) is 17.8. The van der Waals surface area contributed by atoms with E-state index in [4.69, 9.17) is 44.3 Å². The fourth-order valence-electron chi connectivity index (χ4n) is 5.07. The van der Waals surface area contributed by atoms with Gasteiger partial charge in [-0.25, -0.2) is 0 Å². The third kappa shape index (κ3) is 7.70. The molecule has 2 fully saturated rings. The number of nitrogens with zero attached hydrogens (tertiary/aromatic N) is 1. The summed E-state index contributed by atoms with van der Waals surface area (Å²) in [5, 5.41) is 12.1. The second-order valence-corrected chi connectivity index (χ2v) is 11.9. The van der Waals surface area contributed by atoms with Crippen LogP contribution in [0.3, 0.4) is 0 Å². The molecule has 9 heteroatoms. The molecule has 0 bridgehead atoms. The summed E-state index contributed by atoms with van der Waals surface area (Å²) in [5.74, 6) is -0.739. The van der Waals surface area contributed by atoms with Gasteiger partial charge >= 0.3 is 0 Å². The van der Waals surface area contributed by atoms with Gasteiger partial charge in [0.1, 0.15) is 0 Å². The zero-order valence-corrected chi connectivity index (χ0v) is 22.9. The molecule has 0 spiro atoms. The van der Waals surface area contributed by atoms with Gasteiger partial charge in [-0.3, -0.25) is 9.69 Å². The molecule has 2 aromatic carbocycles. The number of ether oxygens (including phenoxy) is 2. The molecule has 1 aliphatic heterocycles. The lowest BCUT2D eigenvalue weighted by atomic mass is 9.99. The van der Waals surface area contributed by atoms with Crippen molar-refractivity contribution in [1.29, 1.82) is 0 Å². The number of benzene rings is 2. The van der Waals surface area contributed by atoms with E-state index >= 15 is 0 Å². The number of hydrogen-bond donors (Lipinski definition) is 2. The molecule has 2 aromatic rings. The van der Waals surface area contributed by atoms with Crippen LogP contribution in [0.15, 0.2) is 61.2 Å². The lowest BCUT2D eigenvalue weighted by Gasteiger charge is -2.39.